The molecule has 2 fully saturated rings. The molecule has 2 aliphatic rings. The van der Waals surface area contributed by atoms with E-state index in [4.69, 9.17) is 19.4 Å². The number of nitrogens with zero attached hydrogens (tertiary/aromatic N) is 4. The van der Waals surface area contributed by atoms with Crippen molar-refractivity contribution in [2.45, 2.75) is 145 Å². The standard InChI is InChI=1S/2C28H36N2O2/c2*1-18(2)21-9-7-20(8-10-21)14-26-29-24-15-22(27(31)32-6)11-12-25(24)30(26)23-13-19(3)16-28(4,5)17-23/h2*7-12,15,18-19,23H,13-14,16-17H2,1-6H3/t2*19-,23+/m10/s1. The van der Waals surface area contributed by atoms with Gasteiger partial charge in [0, 0.05) is 24.9 Å². The summed E-state index contributed by atoms with van der Waals surface area (Å²) in [6.07, 6.45) is 8.68. The normalized spacial score (nSPS) is 20.6. The zero-order valence-electron chi connectivity index (χ0n) is 40.6. The van der Waals surface area contributed by atoms with Crippen molar-refractivity contribution in [3.05, 3.63) is 130 Å². The van der Waals surface area contributed by atoms with Crippen LogP contribution in [0.4, 0.5) is 0 Å². The van der Waals surface area contributed by atoms with Crippen molar-refractivity contribution in [2.24, 2.45) is 22.7 Å². The summed E-state index contributed by atoms with van der Waals surface area (Å²) in [7, 11) is 2.84. The Balaban J connectivity index is 0.000000191. The van der Waals surface area contributed by atoms with Crippen LogP contribution in [-0.4, -0.2) is 45.3 Å². The number of hydrogen-bond donors (Lipinski definition) is 0. The first kappa shape index (κ1) is 46.7. The molecule has 2 aliphatic carbocycles. The molecule has 0 bridgehead atoms. The number of methoxy groups -OCH3 is 2. The molecule has 0 amide bonds. The van der Waals surface area contributed by atoms with E-state index in [9.17, 15) is 9.59 Å². The van der Waals surface area contributed by atoms with E-state index in [1.165, 1.54) is 49.3 Å². The molecule has 340 valence electrons. The number of imidazole rings is 2. The maximum Gasteiger partial charge on any atom is 0.337 e. The summed E-state index contributed by atoms with van der Waals surface area (Å²) in [6, 6.07) is 30.2. The van der Waals surface area contributed by atoms with Crippen LogP contribution in [0, 0.1) is 22.7 Å². The molecule has 4 aromatic carbocycles. The quantitative estimate of drug-likeness (QED) is 0.127. The minimum absolute atomic E-state index is 0.307. The summed E-state index contributed by atoms with van der Waals surface area (Å²) in [4.78, 5) is 34.3. The van der Waals surface area contributed by atoms with E-state index in [1.807, 2.05) is 36.4 Å². The lowest BCUT2D eigenvalue weighted by Gasteiger charge is -2.40. The third-order valence-corrected chi connectivity index (χ3v) is 13.8. The summed E-state index contributed by atoms with van der Waals surface area (Å²) in [5.74, 6) is 3.91. The molecular weight excluding hydrogens is 793 g/mol. The number of carbonyl (C=O) groups is 2. The number of hydrogen-bond acceptors (Lipinski definition) is 6. The van der Waals surface area contributed by atoms with Crippen LogP contribution in [0.1, 0.15) is 186 Å². The van der Waals surface area contributed by atoms with Crippen molar-refractivity contribution in [2.75, 3.05) is 14.2 Å². The second-order valence-electron chi connectivity index (χ2n) is 21.5. The lowest BCUT2D eigenvalue weighted by molar-refractivity contribution is 0.0592. The van der Waals surface area contributed by atoms with Gasteiger partial charge in [-0.25, -0.2) is 19.6 Å². The Morgan fingerprint density at radius 2 is 0.938 bits per heavy atom. The van der Waals surface area contributed by atoms with Gasteiger partial charge in [-0.1, -0.05) is 118 Å². The molecule has 0 saturated heterocycles. The van der Waals surface area contributed by atoms with Crippen molar-refractivity contribution in [1.29, 1.82) is 0 Å². The van der Waals surface area contributed by atoms with Crippen LogP contribution in [0.25, 0.3) is 22.1 Å². The van der Waals surface area contributed by atoms with Crippen LogP contribution in [0.15, 0.2) is 84.9 Å². The van der Waals surface area contributed by atoms with Crippen LogP contribution < -0.4 is 0 Å². The van der Waals surface area contributed by atoms with E-state index in [-0.39, 0.29) is 11.9 Å². The molecule has 0 unspecified atom stereocenters. The molecule has 2 heterocycles. The molecule has 6 aromatic rings. The Kier molecular flexibility index (Phi) is 13.9. The molecule has 2 saturated carbocycles. The van der Waals surface area contributed by atoms with Crippen LogP contribution in [0.3, 0.4) is 0 Å². The van der Waals surface area contributed by atoms with E-state index in [1.54, 1.807) is 0 Å². The fraction of sp³-hybridized carbons (Fsp3) is 0.500. The van der Waals surface area contributed by atoms with Gasteiger partial charge in [-0.15, -0.1) is 0 Å². The number of esters is 2. The first-order valence-corrected chi connectivity index (χ1v) is 23.7. The van der Waals surface area contributed by atoms with Crippen LogP contribution in [0.2, 0.25) is 0 Å². The number of aromatic nitrogens is 4. The fourth-order valence-electron chi connectivity index (χ4n) is 11.2. The van der Waals surface area contributed by atoms with E-state index in [2.05, 4.69) is 127 Å². The number of fused-ring (bicyclic) bond motifs is 2. The van der Waals surface area contributed by atoms with E-state index < -0.39 is 0 Å². The van der Waals surface area contributed by atoms with Gasteiger partial charge in [0.1, 0.15) is 11.6 Å². The highest BCUT2D eigenvalue weighted by Gasteiger charge is 2.36. The number of rotatable bonds is 10. The summed E-state index contributed by atoms with van der Waals surface area (Å²) in [5.41, 5.74) is 10.9. The number of carbonyl (C=O) groups excluding carboxylic acids is 2. The summed E-state index contributed by atoms with van der Waals surface area (Å²) < 4.78 is 14.8. The number of ether oxygens (including phenoxy) is 2. The summed E-state index contributed by atoms with van der Waals surface area (Å²) in [6.45, 7) is 23.2. The smallest absolute Gasteiger partial charge is 0.337 e. The number of benzene rings is 4. The van der Waals surface area contributed by atoms with Crippen molar-refractivity contribution in [3.8, 4) is 0 Å². The van der Waals surface area contributed by atoms with Gasteiger partial charge >= 0.3 is 11.9 Å². The summed E-state index contributed by atoms with van der Waals surface area (Å²) >= 11 is 0. The molecule has 0 N–H and O–H groups in total. The molecule has 8 nitrogen and oxygen atoms in total. The molecule has 8 rings (SSSR count). The SMILES string of the molecule is COC(=O)c1ccc2c(c1)nc(Cc1ccc(C(C)C)cc1)n2[C@@H]1C[C@H](C)CC(C)(C)C1.COC(=O)c1ccc2c(c1)nc(Cc1ccc(C(C)C)cc1)n2[C@H]1C[C@@H](C)CC(C)(C)C1. The third kappa shape index (κ3) is 10.6. The Hall–Kier alpha value is -5.24. The Bertz CT molecular complexity index is 2400. The Morgan fingerprint density at radius 1 is 0.578 bits per heavy atom. The minimum Gasteiger partial charge on any atom is -0.465 e. The summed E-state index contributed by atoms with van der Waals surface area (Å²) in [5, 5.41) is 0. The van der Waals surface area contributed by atoms with E-state index >= 15 is 0 Å². The lowest BCUT2D eigenvalue weighted by Crippen LogP contribution is -2.30. The van der Waals surface area contributed by atoms with Crippen molar-refractivity contribution in [3.63, 3.8) is 0 Å². The first-order chi connectivity index (χ1) is 30.3. The average molecular weight is 865 g/mol. The lowest BCUT2D eigenvalue weighted by atomic mass is 9.70. The zero-order chi connectivity index (χ0) is 46.1. The van der Waals surface area contributed by atoms with Crippen molar-refractivity contribution >= 4 is 34.0 Å². The first-order valence-electron chi connectivity index (χ1n) is 23.7. The predicted molar refractivity (Wildman–Crippen MR) is 260 cm³/mol. The second-order valence-corrected chi connectivity index (χ2v) is 21.5. The molecular formula is C56H72N4O4. The highest BCUT2D eigenvalue weighted by atomic mass is 16.5. The van der Waals surface area contributed by atoms with Crippen LogP contribution >= 0.6 is 0 Å². The van der Waals surface area contributed by atoms with Crippen LogP contribution in [0.5, 0.6) is 0 Å². The topological polar surface area (TPSA) is 88.2 Å². The third-order valence-electron chi connectivity index (χ3n) is 13.8. The molecule has 0 aliphatic heterocycles. The molecule has 2 aromatic heterocycles. The fourth-order valence-corrected chi connectivity index (χ4v) is 11.2. The zero-order valence-corrected chi connectivity index (χ0v) is 40.6. The molecule has 4 atom stereocenters. The predicted octanol–water partition coefficient (Wildman–Crippen LogP) is 13.8. The Labute approximate surface area is 382 Å². The molecule has 0 radical (unpaired) electrons. The maximum absolute atomic E-state index is 12.1. The minimum atomic E-state index is -0.320. The van der Waals surface area contributed by atoms with Gasteiger partial charge in [-0.2, -0.15) is 0 Å². The van der Waals surface area contributed by atoms with Gasteiger partial charge in [0.2, 0.25) is 0 Å². The van der Waals surface area contributed by atoms with Gasteiger partial charge in [0.05, 0.1) is 47.4 Å². The van der Waals surface area contributed by atoms with Gasteiger partial charge in [0.25, 0.3) is 0 Å². The average Bonchev–Trinajstić information content (AvgIpc) is 3.78. The monoisotopic (exact) mass is 865 g/mol. The van der Waals surface area contributed by atoms with Gasteiger partial charge in [-0.05, 0) is 132 Å². The second kappa shape index (κ2) is 19.1. The van der Waals surface area contributed by atoms with Crippen molar-refractivity contribution in [1.82, 2.24) is 19.1 Å². The van der Waals surface area contributed by atoms with Gasteiger partial charge < -0.3 is 18.6 Å². The van der Waals surface area contributed by atoms with Crippen LogP contribution in [-0.2, 0) is 22.3 Å². The highest BCUT2D eigenvalue weighted by Crippen LogP contribution is 2.47. The van der Waals surface area contributed by atoms with Crippen molar-refractivity contribution < 1.29 is 19.1 Å². The van der Waals surface area contributed by atoms with Gasteiger partial charge in [0.15, 0.2) is 0 Å². The molecule has 8 heteroatoms. The molecule has 0 spiro atoms. The Morgan fingerprint density at radius 3 is 1.25 bits per heavy atom. The van der Waals surface area contributed by atoms with Gasteiger partial charge in [-0.3, -0.25) is 0 Å². The highest BCUT2D eigenvalue weighted by molar-refractivity contribution is 5.94. The van der Waals surface area contributed by atoms with E-state index in [0.29, 0.717) is 57.7 Å². The largest absolute Gasteiger partial charge is 0.465 e. The maximum atomic E-state index is 12.1. The molecule has 64 heavy (non-hydrogen) atoms. The van der Waals surface area contributed by atoms with E-state index in [0.717, 1.165) is 72.2 Å².